The molecule has 1 amide bonds. The number of benzene rings is 2. The van der Waals surface area contributed by atoms with Gasteiger partial charge < -0.3 is 10.1 Å². The first kappa shape index (κ1) is 21.2. The van der Waals surface area contributed by atoms with Crippen molar-refractivity contribution < 1.29 is 22.7 Å². The predicted octanol–water partition coefficient (Wildman–Crippen LogP) is 2.74. The highest BCUT2D eigenvalue weighted by Gasteiger charge is 2.10. The van der Waals surface area contributed by atoms with Crippen molar-refractivity contribution in [2.24, 2.45) is 0 Å². The SMILES string of the molecule is COC(=O)c1ccc(/C=C/C(=O)N[C@@H](C)c2cccc(NS(C)(=O)=O)c2)cc1. The first-order valence-electron chi connectivity index (χ1n) is 8.42. The van der Waals surface area contributed by atoms with Gasteiger partial charge in [-0.25, -0.2) is 13.2 Å². The summed E-state index contributed by atoms with van der Waals surface area (Å²) in [6.07, 6.45) is 4.10. The highest BCUT2D eigenvalue weighted by molar-refractivity contribution is 7.92. The van der Waals surface area contributed by atoms with Crippen molar-refractivity contribution >= 4 is 33.7 Å². The summed E-state index contributed by atoms with van der Waals surface area (Å²) < 4.78 is 29.7. The Labute approximate surface area is 164 Å². The van der Waals surface area contributed by atoms with Crippen LogP contribution in [0.4, 0.5) is 5.69 Å². The van der Waals surface area contributed by atoms with Crippen LogP contribution in [0, 0.1) is 0 Å². The summed E-state index contributed by atoms with van der Waals surface area (Å²) in [6.45, 7) is 1.80. The van der Waals surface area contributed by atoms with Gasteiger partial charge in [-0.15, -0.1) is 0 Å². The third-order valence-electron chi connectivity index (χ3n) is 3.81. The molecule has 1 atom stereocenters. The van der Waals surface area contributed by atoms with Crippen LogP contribution in [-0.2, 0) is 19.6 Å². The van der Waals surface area contributed by atoms with E-state index in [-0.39, 0.29) is 11.9 Å². The maximum Gasteiger partial charge on any atom is 0.337 e. The van der Waals surface area contributed by atoms with Crippen molar-refractivity contribution in [1.29, 1.82) is 0 Å². The molecule has 2 aromatic rings. The molecule has 2 N–H and O–H groups in total. The number of hydrogen-bond acceptors (Lipinski definition) is 5. The maximum absolute atomic E-state index is 12.2. The summed E-state index contributed by atoms with van der Waals surface area (Å²) in [7, 11) is -2.06. The number of sulfonamides is 1. The summed E-state index contributed by atoms with van der Waals surface area (Å²) >= 11 is 0. The standard InChI is InChI=1S/C20H22N2O5S/c1-14(17-5-4-6-18(13-17)22-28(3,25)26)21-19(23)12-9-15-7-10-16(11-8-15)20(24)27-2/h4-14,22H,1-3H3,(H,21,23)/b12-9+/t14-/m0/s1. The van der Waals surface area contributed by atoms with Gasteiger partial charge in [0.2, 0.25) is 15.9 Å². The van der Waals surface area contributed by atoms with Crippen molar-refractivity contribution in [2.45, 2.75) is 13.0 Å². The second-order valence-electron chi connectivity index (χ2n) is 6.18. The molecular formula is C20H22N2O5S. The van der Waals surface area contributed by atoms with Crippen molar-refractivity contribution in [2.75, 3.05) is 18.1 Å². The lowest BCUT2D eigenvalue weighted by Gasteiger charge is -2.14. The van der Waals surface area contributed by atoms with E-state index < -0.39 is 16.0 Å². The smallest absolute Gasteiger partial charge is 0.337 e. The largest absolute Gasteiger partial charge is 0.465 e. The van der Waals surface area contributed by atoms with E-state index in [2.05, 4.69) is 14.8 Å². The first-order chi connectivity index (χ1) is 13.2. The van der Waals surface area contributed by atoms with E-state index in [0.717, 1.165) is 17.4 Å². The summed E-state index contributed by atoms with van der Waals surface area (Å²) in [6, 6.07) is 13.1. The van der Waals surface area contributed by atoms with Crippen molar-refractivity contribution in [3.05, 3.63) is 71.3 Å². The number of rotatable bonds is 7. The Balaban J connectivity index is 1.99. The Kier molecular flexibility index (Phi) is 6.94. The number of anilines is 1. The number of carbonyl (C=O) groups excluding carboxylic acids is 2. The molecule has 0 aliphatic carbocycles. The van der Waals surface area contributed by atoms with Gasteiger partial charge in [-0.05, 0) is 48.4 Å². The molecule has 0 saturated carbocycles. The van der Waals surface area contributed by atoms with Gasteiger partial charge in [0.1, 0.15) is 0 Å². The number of methoxy groups -OCH3 is 1. The molecule has 0 radical (unpaired) electrons. The summed E-state index contributed by atoms with van der Waals surface area (Å²) in [4.78, 5) is 23.6. The predicted molar refractivity (Wildman–Crippen MR) is 108 cm³/mol. The van der Waals surface area contributed by atoms with Gasteiger partial charge in [-0.2, -0.15) is 0 Å². The van der Waals surface area contributed by atoms with Crippen LogP contribution < -0.4 is 10.0 Å². The third-order valence-corrected chi connectivity index (χ3v) is 4.41. The van der Waals surface area contributed by atoms with Crippen LogP contribution in [0.1, 0.15) is 34.5 Å². The summed E-state index contributed by atoms with van der Waals surface area (Å²) in [5, 5.41) is 2.82. The lowest BCUT2D eigenvalue weighted by molar-refractivity contribution is -0.117. The van der Waals surface area contributed by atoms with Gasteiger partial charge in [0.25, 0.3) is 0 Å². The molecular weight excluding hydrogens is 380 g/mol. The van der Waals surface area contributed by atoms with Crippen LogP contribution in [-0.4, -0.2) is 33.7 Å². The topological polar surface area (TPSA) is 102 Å². The second-order valence-corrected chi connectivity index (χ2v) is 7.93. The number of carbonyl (C=O) groups is 2. The lowest BCUT2D eigenvalue weighted by Crippen LogP contribution is -2.24. The van der Waals surface area contributed by atoms with Crippen molar-refractivity contribution in [1.82, 2.24) is 5.32 Å². The fraction of sp³-hybridized carbons (Fsp3) is 0.200. The molecule has 0 aliphatic heterocycles. The molecule has 2 rings (SSSR count). The molecule has 8 heteroatoms. The minimum absolute atomic E-state index is 0.300. The molecule has 0 heterocycles. The second kappa shape index (κ2) is 9.18. The molecule has 7 nitrogen and oxygen atoms in total. The fourth-order valence-corrected chi connectivity index (χ4v) is 3.01. The minimum Gasteiger partial charge on any atom is -0.465 e. The Hall–Kier alpha value is -3.13. The Morgan fingerprint density at radius 3 is 2.39 bits per heavy atom. The summed E-state index contributed by atoms with van der Waals surface area (Å²) in [5.41, 5.74) is 2.38. The van der Waals surface area contributed by atoms with Gasteiger partial charge in [0.05, 0.1) is 25.0 Å². The van der Waals surface area contributed by atoms with Crippen LogP contribution in [0.3, 0.4) is 0 Å². The monoisotopic (exact) mass is 402 g/mol. The lowest BCUT2D eigenvalue weighted by atomic mass is 10.1. The van der Waals surface area contributed by atoms with E-state index in [1.807, 2.05) is 0 Å². The van der Waals surface area contributed by atoms with Crippen LogP contribution in [0.5, 0.6) is 0 Å². The number of esters is 1. The van der Waals surface area contributed by atoms with Gasteiger partial charge in [0, 0.05) is 11.8 Å². The third kappa shape index (κ3) is 6.55. The molecule has 0 fully saturated rings. The molecule has 0 saturated heterocycles. The Morgan fingerprint density at radius 1 is 1.11 bits per heavy atom. The zero-order valence-corrected chi connectivity index (χ0v) is 16.6. The fourth-order valence-electron chi connectivity index (χ4n) is 2.45. The highest BCUT2D eigenvalue weighted by Crippen LogP contribution is 2.18. The van der Waals surface area contributed by atoms with Crippen LogP contribution in [0.2, 0.25) is 0 Å². The summed E-state index contributed by atoms with van der Waals surface area (Å²) in [5.74, 6) is -0.722. The van der Waals surface area contributed by atoms with Crippen molar-refractivity contribution in [3.63, 3.8) is 0 Å². The number of ether oxygens (including phenoxy) is 1. The van der Waals surface area contributed by atoms with Crippen molar-refractivity contribution in [3.8, 4) is 0 Å². The highest BCUT2D eigenvalue weighted by atomic mass is 32.2. The molecule has 28 heavy (non-hydrogen) atoms. The van der Waals surface area contributed by atoms with Gasteiger partial charge in [0.15, 0.2) is 0 Å². The molecule has 0 aromatic heterocycles. The quantitative estimate of drug-likeness (QED) is 0.548. The van der Waals surface area contributed by atoms with E-state index in [1.54, 1.807) is 61.5 Å². The van der Waals surface area contributed by atoms with E-state index in [0.29, 0.717) is 11.3 Å². The normalized spacial score (nSPS) is 12.4. The zero-order chi connectivity index (χ0) is 20.7. The van der Waals surface area contributed by atoms with Crippen LogP contribution in [0.15, 0.2) is 54.6 Å². The molecule has 0 bridgehead atoms. The van der Waals surface area contributed by atoms with Crippen LogP contribution in [0.25, 0.3) is 6.08 Å². The van der Waals surface area contributed by atoms with Gasteiger partial charge in [-0.1, -0.05) is 24.3 Å². The molecule has 2 aromatic carbocycles. The minimum atomic E-state index is -3.37. The molecule has 0 spiro atoms. The van der Waals surface area contributed by atoms with E-state index >= 15 is 0 Å². The number of hydrogen-bond donors (Lipinski definition) is 2. The average Bonchev–Trinajstić information content (AvgIpc) is 2.65. The average molecular weight is 402 g/mol. The Bertz CT molecular complexity index is 982. The molecule has 0 unspecified atom stereocenters. The maximum atomic E-state index is 12.2. The first-order valence-corrected chi connectivity index (χ1v) is 10.3. The number of amides is 1. The van der Waals surface area contributed by atoms with Gasteiger partial charge in [-0.3, -0.25) is 9.52 Å². The molecule has 148 valence electrons. The molecule has 0 aliphatic rings. The van der Waals surface area contributed by atoms with Crippen LogP contribution >= 0.6 is 0 Å². The van der Waals surface area contributed by atoms with Gasteiger partial charge >= 0.3 is 5.97 Å². The zero-order valence-electron chi connectivity index (χ0n) is 15.8. The van der Waals surface area contributed by atoms with E-state index in [4.69, 9.17) is 0 Å². The van der Waals surface area contributed by atoms with E-state index in [1.165, 1.54) is 13.2 Å². The number of nitrogens with one attached hydrogen (secondary N) is 2. The Morgan fingerprint density at radius 2 is 1.79 bits per heavy atom. The van der Waals surface area contributed by atoms with E-state index in [9.17, 15) is 18.0 Å².